The molecule has 2 unspecified atom stereocenters. The minimum Gasteiger partial charge on any atom is -0.481 e. The first-order valence-corrected chi connectivity index (χ1v) is 9.16. The SMILES string of the molecule is Cc1ccc(CCC(=O)NCC(=O)NC2(C)CCCCC2C(=O)O)cc1. The lowest BCUT2D eigenvalue weighted by molar-refractivity contribution is -0.146. The van der Waals surface area contributed by atoms with Crippen LogP contribution in [0.2, 0.25) is 0 Å². The van der Waals surface area contributed by atoms with E-state index in [9.17, 15) is 19.5 Å². The van der Waals surface area contributed by atoms with Gasteiger partial charge in [-0.25, -0.2) is 0 Å². The van der Waals surface area contributed by atoms with Gasteiger partial charge in [0.05, 0.1) is 18.0 Å². The van der Waals surface area contributed by atoms with Gasteiger partial charge >= 0.3 is 5.97 Å². The van der Waals surface area contributed by atoms with Crippen LogP contribution in [0.4, 0.5) is 0 Å². The van der Waals surface area contributed by atoms with Gasteiger partial charge in [-0.05, 0) is 38.7 Å². The molecule has 0 heterocycles. The normalized spacial score (nSPS) is 22.5. The summed E-state index contributed by atoms with van der Waals surface area (Å²) in [6, 6.07) is 7.99. The van der Waals surface area contributed by atoms with Crippen molar-refractivity contribution in [3.8, 4) is 0 Å². The monoisotopic (exact) mass is 360 g/mol. The molecular formula is C20H28N2O4. The number of amides is 2. The number of aliphatic carboxylic acids is 1. The summed E-state index contributed by atoms with van der Waals surface area (Å²) in [5, 5.41) is 14.8. The van der Waals surface area contributed by atoms with Crippen molar-refractivity contribution in [2.75, 3.05) is 6.54 Å². The summed E-state index contributed by atoms with van der Waals surface area (Å²) in [5.41, 5.74) is 1.49. The molecular weight excluding hydrogens is 332 g/mol. The molecule has 26 heavy (non-hydrogen) atoms. The number of aryl methyl sites for hydroxylation is 2. The van der Waals surface area contributed by atoms with Crippen molar-refractivity contribution in [1.82, 2.24) is 10.6 Å². The van der Waals surface area contributed by atoms with Crippen molar-refractivity contribution >= 4 is 17.8 Å². The Morgan fingerprint density at radius 3 is 2.50 bits per heavy atom. The van der Waals surface area contributed by atoms with Crippen molar-refractivity contribution in [3.05, 3.63) is 35.4 Å². The Balaban J connectivity index is 1.77. The third kappa shape index (κ3) is 5.58. The molecule has 2 atom stereocenters. The first-order chi connectivity index (χ1) is 12.3. The van der Waals surface area contributed by atoms with Gasteiger partial charge in [0, 0.05) is 6.42 Å². The van der Waals surface area contributed by atoms with E-state index in [1.807, 2.05) is 31.2 Å². The molecule has 0 saturated heterocycles. The molecule has 6 heteroatoms. The number of hydrogen-bond donors (Lipinski definition) is 3. The summed E-state index contributed by atoms with van der Waals surface area (Å²) in [7, 11) is 0. The van der Waals surface area contributed by atoms with E-state index in [1.165, 1.54) is 5.56 Å². The number of carbonyl (C=O) groups is 3. The topological polar surface area (TPSA) is 95.5 Å². The minimum absolute atomic E-state index is 0.130. The molecule has 142 valence electrons. The molecule has 2 rings (SSSR count). The van der Waals surface area contributed by atoms with Crippen molar-refractivity contribution in [1.29, 1.82) is 0 Å². The minimum atomic E-state index is -0.880. The number of carbonyl (C=O) groups excluding carboxylic acids is 2. The molecule has 0 bridgehead atoms. The van der Waals surface area contributed by atoms with Crippen LogP contribution in [0.1, 0.15) is 50.2 Å². The summed E-state index contributed by atoms with van der Waals surface area (Å²) in [6.07, 6.45) is 3.88. The van der Waals surface area contributed by atoms with E-state index in [2.05, 4.69) is 10.6 Å². The van der Waals surface area contributed by atoms with Gasteiger partial charge in [-0.3, -0.25) is 14.4 Å². The quantitative estimate of drug-likeness (QED) is 0.694. The molecule has 1 aliphatic carbocycles. The van der Waals surface area contributed by atoms with E-state index in [4.69, 9.17) is 0 Å². The van der Waals surface area contributed by atoms with Crippen molar-refractivity contribution in [2.24, 2.45) is 5.92 Å². The Kier molecular flexibility index (Phi) is 6.77. The van der Waals surface area contributed by atoms with Crippen LogP contribution in [0.5, 0.6) is 0 Å². The lowest BCUT2D eigenvalue weighted by Gasteiger charge is -2.39. The molecule has 1 fully saturated rings. The van der Waals surface area contributed by atoms with E-state index in [-0.39, 0.29) is 18.4 Å². The first kappa shape index (κ1) is 19.9. The summed E-state index contributed by atoms with van der Waals surface area (Å²) in [4.78, 5) is 35.6. The summed E-state index contributed by atoms with van der Waals surface area (Å²) in [6.45, 7) is 3.66. The molecule has 0 aliphatic heterocycles. The maximum absolute atomic E-state index is 12.2. The Hall–Kier alpha value is -2.37. The highest BCUT2D eigenvalue weighted by atomic mass is 16.4. The van der Waals surface area contributed by atoms with Crippen LogP contribution >= 0.6 is 0 Å². The summed E-state index contributed by atoms with van der Waals surface area (Å²) >= 11 is 0. The number of nitrogens with one attached hydrogen (secondary N) is 2. The van der Waals surface area contributed by atoms with Crippen molar-refractivity contribution in [3.63, 3.8) is 0 Å². The van der Waals surface area contributed by atoms with Gasteiger partial charge in [0.25, 0.3) is 0 Å². The van der Waals surface area contributed by atoms with E-state index >= 15 is 0 Å². The number of hydrogen-bond acceptors (Lipinski definition) is 3. The molecule has 3 N–H and O–H groups in total. The molecule has 1 aromatic carbocycles. The van der Waals surface area contributed by atoms with Gasteiger partial charge in [-0.1, -0.05) is 42.7 Å². The average Bonchev–Trinajstić information content (AvgIpc) is 2.59. The zero-order valence-electron chi connectivity index (χ0n) is 15.5. The predicted molar refractivity (Wildman–Crippen MR) is 98.7 cm³/mol. The zero-order valence-corrected chi connectivity index (χ0v) is 15.5. The van der Waals surface area contributed by atoms with Crippen molar-refractivity contribution < 1.29 is 19.5 Å². The second kappa shape index (κ2) is 8.83. The van der Waals surface area contributed by atoms with Crippen LogP contribution in [0, 0.1) is 12.8 Å². The molecule has 0 spiro atoms. The Morgan fingerprint density at radius 2 is 1.85 bits per heavy atom. The fraction of sp³-hybridized carbons (Fsp3) is 0.550. The highest BCUT2D eigenvalue weighted by molar-refractivity contribution is 5.85. The second-order valence-corrected chi connectivity index (χ2v) is 7.36. The standard InChI is InChI=1S/C20H28N2O4/c1-14-6-8-15(9-7-14)10-11-17(23)21-13-18(24)22-20(2)12-4-3-5-16(20)19(25)26/h6-9,16H,3-5,10-13H2,1-2H3,(H,21,23)(H,22,24)(H,25,26). The fourth-order valence-corrected chi connectivity index (χ4v) is 3.52. The van der Waals surface area contributed by atoms with Gasteiger partial charge in [0.1, 0.15) is 0 Å². The lowest BCUT2D eigenvalue weighted by atomic mass is 9.74. The van der Waals surface area contributed by atoms with Gasteiger partial charge < -0.3 is 15.7 Å². The predicted octanol–water partition coefficient (Wildman–Crippen LogP) is 2.19. The average molecular weight is 360 g/mol. The van der Waals surface area contributed by atoms with Gasteiger partial charge in [0.2, 0.25) is 11.8 Å². The van der Waals surface area contributed by atoms with Crippen molar-refractivity contribution in [2.45, 2.75) is 57.9 Å². The van der Waals surface area contributed by atoms with E-state index in [1.54, 1.807) is 6.92 Å². The number of carboxylic acids is 1. The van der Waals surface area contributed by atoms with Crippen LogP contribution in [0.15, 0.2) is 24.3 Å². The van der Waals surface area contributed by atoms with E-state index in [0.29, 0.717) is 25.7 Å². The maximum Gasteiger partial charge on any atom is 0.308 e. The highest BCUT2D eigenvalue weighted by Gasteiger charge is 2.42. The molecule has 0 aromatic heterocycles. The third-order valence-electron chi connectivity index (χ3n) is 5.14. The number of benzene rings is 1. The third-order valence-corrected chi connectivity index (χ3v) is 5.14. The van der Waals surface area contributed by atoms with Gasteiger partial charge in [0.15, 0.2) is 0 Å². The zero-order chi connectivity index (χ0) is 19.2. The Morgan fingerprint density at radius 1 is 1.15 bits per heavy atom. The lowest BCUT2D eigenvalue weighted by Crippen LogP contribution is -2.57. The molecule has 2 amide bonds. The molecule has 1 saturated carbocycles. The van der Waals surface area contributed by atoms with Crippen LogP contribution in [0.25, 0.3) is 0 Å². The van der Waals surface area contributed by atoms with E-state index < -0.39 is 17.4 Å². The molecule has 6 nitrogen and oxygen atoms in total. The molecule has 1 aromatic rings. The summed E-state index contributed by atoms with van der Waals surface area (Å²) in [5.74, 6) is -2.00. The first-order valence-electron chi connectivity index (χ1n) is 9.16. The van der Waals surface area contributed by atoms with Gasteiger partial charge in [-0.15, -0.1) is 0 Å². The molecule has 1 aliphatic rings. The Bertz CT molecular complexity index is 656. The van der Waals surface area contributed by atoms with Crippen LogP contribution in [-0.2, 0) is 20.8 Å². The van der Waals surface area contributed by atoms with Gasteiger partial charge in [-0.2, -0.15) is 0 Å². The number of rotatable bonds is 7. The largest absolute Gasteiger partial charge is 0.481 e. The van der Waals surface area contributed by atoms with Crippen LogP contribution < -0.4 is 10.6 Å². The fourth-order valence-electron chi connectivity index (χ4n) is 3.52. The summed E-state index contributed by atoms with van der Waals surface area (Å²) < 4.78 is 0. The second-order valence-electron chi connectivity index (χ2n) is 7.36. The van der Waals surface area contributed by atoms with Crippen LogP contribution in [0.3, 0.4) is 0 Å². The highest BCUT2D eigenvalue weighted by Crippen LogP contribution is 2.33. The van der Waals surface area contributed by atoms with Crippen LogP contribution in [-0.4, -0.2) is 35.0 Å². The maximum atomic E-state index is 12.2. The smallest absolute Gasteiger partial charge is 0.308 e. The number of carboxylic acid groups (broad SMARTS) is 1. The Labute approximate surface area is 154 Å². The van der Waals surface area contributed by atoms with E-state index in [0.717, 1.165) is 18.4 Å². The molecule has 0 radical (unpaired) electrons.